The number of carbonyl (C=O) groups is 1. The average molecular weight is 448 g/mol. The summed E-state index contributed by atoms with van der Waals surface area (Å²) >= 11 is 0. The molecule has 6 heteroatoms. The molecule has 0 aliphatic carbocycles. The molecule has 2 aromatic carbocycles. The van der Waals surface area contributed by atoms with Crippen LogP contribution in [0.5, 0.6) is 11.5 Å². The molecular weight excluding hydrogens is 414 g/mol. The van der Waals surface area contributed by atoms with E-state index >= 15 is 0 Å². The summed E-state index contributed by atoms with van der Waals surface area (Å²) in [6, 6.07) is 16.7. The van der Waals surface area contributed by atoms with E-state index in [0.717, 1.165) is 69.2 Å². The van der Waals surface area contributed by atoms with Gasteiger partial charge in [0.15, 0.2) is 11.5 Å². The van der Waals surface area contributed by atoms with Crippen molar-refractivity contribution in [1.82, 2.24) is 14.7 Å². The molecule has 1 atom stereocenters. The van der Waals surface area contributed by atoms with E-state index in [1.165, 1.54) is 5.56 Å². The third kappa shape index (κ3) is 5.40. The molecule has 2 aromatic rings. The Bertz CT molecular complexity index is 970. The summed E-state index contributed by atoms with van der Waals surface area (Å²) in [7, 11) is 0. The highest BCUT2D eigenvalue weighted by molar-refractivity contribution is 5.79. The van der Waals surface area contributed by atoms with Crippen molar-refractivity contribution < 1.29 is 14.3 Å². The number of piperazine rings is 1. The van der Waals surface area contributed by atoms with Crippen LogP contribution in [0.4, 0.5) is 0 Å². The Hall–Kier alpha value is -2.83. The SMILES string of the molecule is O=C(CN1CCN(CC=Cc2ccccc2)CC1)N1CCCC1c1ccc2c(c1)OCCO2. The zero-order chi connectivity index (χ0) is 22.5. The maximum atomic E-state index is 13.2. The van der Waals surface area contributed by atoms with Gasteiger partial charge in [0.2, 0.25) is 5.91 Å². The van der Waals surface area contributed by atoms with Gasteiger partial charge in [-0.05, 0) is 36.1 Å². The normalized spacial score (nSPS) is 21.6. The third-order valence-electron chi connectivity index (χ3n) is 6.82. The van der Waals surface area contributed by atoms with Crippen molar-refractivity contribution in [3.05, 3.63) is 65.7 Å². The molecule has 0 saturated carbocycles. The lowest BCUT2D eigenvalue weighted by atomic mass is 10.0. The van der Waals surface area contributed by atoms with E-state index in [1.54, 1.807) is 0 Å². The van der Waals surface area contributed by atoms with E-state index in [0.29, 0.717) is 19.8 Å². The number of hydrogen-bond donors (Lipinski definition) is 0. The van der Waals surface area contributed by atoms with Crippen molar-refractivity contribution >= 4 is 12.0 Å². The molecule has 2 saturated heterocycles. The Morgan fingerprint density at radius 3 is 2.48 bits per heavy atom. The number of likely N-dealkylation sites (tertiary alicyclic amines) is 1. The van der Waals surface area contributed by atoms with Crippen LogP contribution < -0.4 is 9.47 Å². The highest BCUT2D eigenvalue weighted by atomic mass is 16.6. The molecule has 5 rings (SSSR count). The summed E-state index contributed by atoms with van der Waals surface area (Å²) in [5, 5.41) is 0. The maximum Gasteiger partial charge on any atom is 0.237 e. The van der Waals surface area contributed by atoms with Gasteiger partial charge in [0.25, 0.3) is 0 Å². The minimum absolute atomic E-state index is 0.137. The quantitative estimate of drug-likeness (QED) is 0.679. The number of hydrogen-bond acceptors (Lipinski definition) is 5. The fourth-order valence-electron chi connectivity index (χ4n) is 4.99. The smallest absolute Gasteiger partial charge is 0.237 e. The molecule has 0 radical (unpaired) electrons. The fraction of sp³-hybridized carbons (Fsp3) is 0.444. The summed E-state index contributed by atoms with van der Waals surface area (Å²) in [5.41, 5.74) is 2.39. The number of amides is 1. The van der Waals surface area contributed by atoms with Crippen molar-refractivity contribution in [3.8, 4) is 11.5 Å². The molecule has 2 fully saturated rings. The van der Waals surface area contributed by atoms with Gasteiger partial charge in [0.1, 0.15) is 13.2 Å². The van der Waals surface area contributed by atoms with Crippen LogP contribution >= 0.6 is 0 Å². The summed E-state index contributed by atoms with van der Waals surface area (Å²) in [4.78, 5) is 20.0. The van der Waals surface area contributed by atoms with Gasteiger partial charge >= 0.3 is 0 Å². The molecule has 3 aliphatic rings. The summed E-state index contributed by atoms with van der Waals surface area (Å²) in [6.45, 7) is 7.34. The van der Waals surface area contributed by atoms with E-state index in [-0.39, 0.29) is 11.9 Å². The van der Waals surface area contributed by atoms with Crippen LogP contribution in [0, 0.1) is 0 Å². The van der Waals surface area contributed by atoms with Gasteiger partial charge in [-0.3, -0.25) is 14.6 Å². The van der Waals surface area contributed by atoms with Gasteiger partial charge in [0, 0.05) is 39.3 Å². The van der Waals surface area contributed by atoms with E-state index in [2.05, 4.69) is 63.2 Å². The standard InChI is InChI=1S/C27H33N3O3/c31-27(21-29-16-14-28(15-17-29)12-4-8-22-6-2-1-3-7-22)30-13-5-9-24(30)23-10-11-25-26(20-23)33-19-18-32-25/h1-4,6-8,10-11,20,24H,5,9,12-19,21H2. The first kappa shape index (κ1) is 22.0. The Morgan fingerprint density at radius 1 is 0.909 bits per heavy atom. The van der Waals surface area contributed by atoms with Gasteiger partial charge in [-0.25, -0.2) is 0 Å². The molecule has 0 bridgehead atoms. The molecular formula is C27H33N3O3. The number of fused-ring (bicyclic) bond motifs is 1. The number of nitrogens with zero attached hydrogens (tertiary/aromatic N) is 3. The second-order valence-electron chi connectivity index (χ2n) is 9.04. The minimum Gasteiger partial charge on any atom is -0.486 e. The van der Waals surface area contributed by atoms with Crippen LogP contribution in [0.25, 0.3) is 6.08 Å². The molecule has 0 aromatic heterocycles. The third-order valence-corrected chi connectivity index (χ3v) is 6.82. The highest BCUT2D eigenvalue weighted by Crippen LogP contribution is 2.38. The maximum absolute atomic E-state index is 13.2. The van der Waals surface area contributed by atoms with Gasteiger partial charge in [0.05, 0.1) is 12.6 Å². The topological polar surface area (TPSA) is 45.3 Å². The number of benzene rings is 2. The largest absolute Gasteiger partial charge is 0.486 e. The predicted octanol–water partition coefficient (Wildman–Crippen LogP) is 3.45. The zero-order valence-electron chi connectivity index (χ0n) is 19.2. The van der Waals surface area contributed by atoms with Gasteiger partial charge < -0.3 is 14.4 Å². The van der Waals surface area contributed by atoms with Crippen molar-refractivity contribution in [3.63, 3.8) is 0 Å². The lowest BCUT2D eigenvalue weighted by Crippen LogP contribution is -2.49. The lowest BCUT2D eigenvalue weighted by molar-refractivity contribution is -0.133. The monoisotopic (exact) mass is 447 g/mol. The Labute approximate surface area is 196 Å². The Balaban J connectivity index is 1.11. The predicted molar refractivity (Wildman–Crippen MR) is 129 cm³/mol. The van der Waals surface area contributed by atoms with E-state index < -0.39 is 0 Å². The van der Waals surface area contributed by atoms with Crippen LogP contribution in [-0.4, -0.2) is 79.6 Å². The summed E-state index contributed by atoms with van der Waals surface area (Å²) < 4.78 is 11.4. The van der Waals surface area contributed by atoms with Crippen LogP contribution in [0.3, 0.4) is 0 Å². The molecule has 0 spiro atoms. The molecule has 0 N–H and O–H groups in total. The summed E-state index contributed by atoms with van der Waals surface area (Å²) in [5.74, 6) is 1.85. The van der Waals surface area contributed by atoms with Crippen molar-refractivity contribution in [1.29, 1.82) is 0 Å². The molecule has 174 valence electrons. The molecule has 1 unspecified atom stereocenters. The van der Waals surface area contributed by atoms with Crippen LogP contribution in [0.1, 0.15) is 30.0 Å². The second-order valence-corrected chi connectivity index (χ2v) is 9.04. The molecule has 3 heterocycles. The molecule has 3 aliphatic heterocycles. The fourth-order valence-corrected chi connectivity index (χ4v) is 4.99. The first-order valence-electron chi connectivity index (χ1n) is 12.1. The minimum atomic E-state index is 0.137. The van der Waals surface area contributed by atoms with Gasteiger partial charge in [-0.1, -0.05) is 48.6 Å². The van der Waals surface area contributed by atoms with Gasteiger partial charge in [-0.15, -0.1) is 0 Å². The lowest BCUT2D eigenvalue weighted by Gasteiger charge is -2.35. The average Bonchev–Trinajstić information content (AvgIpc) is 3.36. The van der Waals surface area contributed by atoms with Crippen molar-refractivity contribution in [2.75, 3.05) is 59.0 Å². The van der Waals surface area contributed by atoms with Crippen LogP contribution in [0.15, 0.2) is 54.6 Å². The van der Waals surface area contributed by atoms with E-state index in [4.69, 9.17) is 9.47 Å². The zero-order valence-corrected chi connectivity index (χ0v) is 19.2. The molecule has 6 nitrogen and oxygen atoms in total. The Morgan fingerprint density at radius 2 is 1.67 bits per heavy atom. The number of rotatable bonds is 6. The van der Waals surface area contributed by atoms with Crippen molar-refractivity contribution in [2.45, 2.75) is 18.9 Å². The summed E-state index contributed by atoms with van der Waals surface area (Å²) in [6.07, 6.45) is 6.47. The second kappa shape index (κ2) is 10.4. The van der Waals surface area contributed by atoms with E-state index in [1.807, 2.05) is 12.1 Å². The van der Waals surface area contributed by atoms with Gasteiger partial charge in [-0.2, -0.15) is 0 Å². The Kier molecular flexibility index (Phi) is 6.93. The van der Waals surface area contributed by atoms with E-state index in [9.17, 15) is 4.79 Å². The molecule has 1 amide bonds. The number of ether oxygens (including phenoxy) is 2. The molecule has 33 heavy (non-hydrogen) atoms. The number of carbonyl (C=O) groups excluding carboxylic acids is 1. The van der Waals surface area contributed by atoms with Crippen molar-refractivity contribution in [2.24, 2.45) is 0 Å². The van der Waals surface area contributed by atoms with Crippen LogP contribution in [0.2, 0.25) is 0 Å². The van der Waals surface area contributed by atoms with Crippen LogP contribution in [-0.2, 0) is 4.79 Å². The highest BCUT2D eigenvalue weighted by Gasteiger charge is 2.32. The first-order chi connectivity index (χ1) is 16.3. The first-order valence-corrected chi connectivity index (χ1v) is 12.1.